The first kappa shape index (κ1) is 16.9. The Morgan fingerprint density at radius 1 is 1.16 bits per heavy atom. The van der Waals surface area contributed by atoms with Crippen LogP contribution in [0.1, 0.15) is 26.3 Å². The predicted octanol–water partition coefficient (Wildman–Crippen LogP) is 0.620. The van der Waals surface area contributed by atoms with Crippen molar-refractivity contribution in [1.82, 2.24) is 9.88 Å². The molecule has 0 spiro atoms. The number of pyridine rings is 1. The van der Waals surface area contributed by atoms with E-state index in [1.54, 1.807) is 0 Å². The van der Waals surface area contributed by atoms with Gasteiger partial charge in [-0.25, -0.2) is 4.99 Å². The fourth-order valence-electron chi connectivity index (χ4n) is 2.57. The van der Waals surface area contributed by atoms with Crippen LogP contribution in [-0.2, 0) is 0 Å². The van der Waals surface area contributed by atoms with Gasteiger partial charge in [-0.1, -0.05) is 11.6 Å². The van der Waals surface area contributed by atoms with Gasteiger partial charge in [-0.15, -0.1) is 0 Å². The number of fused-ring (bicyclic) bond motifs is 1. The molecule has 25 heavy (non-hydrogen) atoms. The zero-order valence-corrected chi connectivity index (χ0v) is 13.7. The van der Waals surface area contributed by atoms with Crippen molar-refractivity contribution >= 4 is 34.9 Å². The first-order chi connectivity index (χ1) is 11.9. The smallest absolute Gasteiger partial charge is 0.261 e. The molecule has 2 aromatic rings. The van der Waals surface area contributed by atoms with E-state index in [2.05, 4.69) is 9.98 Å². The van der Waals surface area contributed by atoms with Crippen molar-refractivity contribution in [1.29, 1.82) is 0 Å². The zero-order valence-electron chi connectivity index (χ0n) is 13.0. The molecule has 2 heterocycles. The van der Waals surface area contributed by atoms with E-state index < -0.39 is 17.4 Å². The maximum absolute atomic E-state index is 12.3. The lowest BCUT2D eigenvalue weighted by Crippen LogP contribution is -2.34. The fraction of sp³-hybridized carbons (Fsp3) is 0.125. The van der Waals surface area contributed by atoms with Crippen LogP contribution >= 0.6 is 11.6 Å². The highest BCUT2D eigenvalue weighted by Gasteiger charge is 2.35. The molecule has 0 atom stereocenters. The van der Waals surface area contributed by atoms with Crippen LogP contribution in [0.15, 0.2) is 40.2 Å². The molecule has 8 nitrogen and oxygen atoms in total. The Kier molecular flexibility index (Phi) is 4.39. The summed E-state index contributed by atoms with van der Waals surface area (Å²) in [6.07, 6.45) is 1.40. The molecule has 1 aliphatic heterocycles. The molecule has 0 fully saturated rings. The summed E-state index contributed by atoms with van der Waals surface area (Å²) in [4.78, 5) is 44.0. The van der Waals surface area contributed by atoms with Crippen LogP contribution in [-0.4, -0.2) is 40.6 Å². The number of amidine groups is 1. The molecule has 0 saturated carbocycles. The van der Waals surface area contributed by atoms with Gasteiger partial charge in [-0.3, -0.25) is 19.3 Å². The number of H-pyrrole nitrogens is 1. The summed E-state index contributed by atoms with van der Waals surface area (Å²) in [6.45, 7) is 0.320. The van der Waals surface area contributed by atoms with E-state index >= 15 is 0 Å². The first-order valence-corrected chi connectivity index (χ1v) is 7.74. The Hall–Kier alpha value is -2.97. The Labute approximate surface area is 147 Å². The normalized spacial score (nSPS) is 14.2. The van der Waals surface area contributed by atoms with Gasteiger partial charge in [-0.2, -0.15) is 0 Å². The largest absolute Gasteiger partial charge is 0.383 e. The number of carbonyl (C=O) groups is 2. The molecular weight excluding hydrogens is 346 g/mol. The molecule has 5 N–H and O–H groups in total. The standard InChI is InChI=1S/C16H14ClN5O3/c17-11-3-5-20-14(23)12(11)13(19)21-8-1-2-9-10(7-8)16(25)22(6-4-18)15(9)24/h1-3,5,7H,4,6,18H2,(H2,19,21)(H,20,23). The highest BCUT2D eigenvalue weighted by molar-refractivity contribution is 6.34. The number of rotatable bonds is 4. The number of amides is 2. The number of hydrogen-bond donors (Lipinski definition) is 3. The number of hydrogen-bond acceptors (Lipinski definition) is 5. The minimum Gasteiger partial charge on any atom is -0.383 e. The van der Waals surface area contributed by atoms with Crippen LogP contribution in [0.25, 0.3) is 0 Å². The number of halogens is 1. The monoisotopic (exact) mass is 359 g/mol. The van der Waals surface area contributed by atoms with Crippen LogP contribution < -0.4 is 17.0 Å². The molecule has 1 aromatic heterocycles. The van der Waals surface area contributed by atoms with Gasteiger partial charge in [0.2, 0.25) is 0 Å². The predicted molar refractivity (Wildman–Crippen MR) is 93.3 cm³/mol. The SMILES string of the molecule is NCCN1C(=O)c2ccc(N=C(N)c3c(Cl)cc[nH]c3=O)cc2C1=O. The van der Waals surface area contributed by atoms with Gasteiger partial charge in [0.15, 0.2) is 0 Å². The molecule has 3 rings (SSSR count). The summed E-state index contributed by atoms with van der Waals surface area (Å²) < 4.78 is 0. The molecular formula is C16H14ClN5O3. The first-order valence-electron chi connectivity index (χ1n) is 7.36. The number of aromatic nitrogens is 1. The van der Waals surface area contributed by atoms with E-state index in [9.17, 15) is 14.4 Å². The summed E-state index contributed by atoms with van der Waals surface area (Å²) in [5, 5.41) is 0.159. The summed E-state index contributed by atoms with van der Waals surface area (Å²) in [6, 6.07) is 5.96. The number of aromatic amines is 1. The molecule has 1 aromatic carbocycles. The maximum atomic E-state index is 12.3. The van der Waals surface area contributed by atoms with Gasteiger partial charge in [0.25, 0.3) is 17.4 Å². The number of nitrogens with zero attached hydrogens (tertiary/aromatic N) is 2. The lowest BCUT2D eigenvalue weighted by atomic mass is 10.1. The van der Waals surface area contributed by atoms with Crippen molar-refractivity contribution in [2.24, 2.45) is 16.5 Å². The third kappa shape index (κ3) is 2.92. The van der Waals surface area contributed by atoms with Crippen LogP contribution in [0.5, 0.6) is 0 Å². The Bertz CT molecular complexity index is 966. The van der Waals surface area contributed by atoms with Gasteiger partial charge in [0, 0.05) is 19.3 Å². The van der Waals surface area contributed by atoms with Crippen molar-refractivity contribution in [3.63, 3.8) is 0 Å². The van der Waals surface area contributed by atoms with Gasteiger partial charge >= 0.3 is 0 Å². The summed E-state index contributed by atoms with van der Waals surface area (Å²) in [5.74, 6) is -0.921. The molecule has 0 aliphatic carbocycles. The molecule has 0 radical (unpaired) electrons. The number of benzene rings is 1. The number of nitrogens with one attached hydrogen (secondary N) is 1. The highest BCUT2D eigenvalue weighted by Crippen LogP contribution is 2.27. The lowest BCUT2D eigenvalue weighted by Gasteiger charge is -2.11. The molecule has 2 amide bonds. The second-order valence-electron chi connectivity index (χ2n) is 5.31. The molecule has 9 heteroatoms. The topological polar surface area (TPSA) is 135 Å². The van der Waals surface area contributed by atoms with Crippen molar-refractivity contribution < 1.29 is 9.59 Å². The minimum atomic E-state index is -0.477. The van der Waals surface area contributed by atoms with Crippen LogP contribution in [0.2, 0.25) is 5.02 Å². The van der Waals surface area contributed by atoms with Gasteiger partial charge in [0.05, 0.1) is 21.8 Å². The third-order valence-corrected chi connectivity index (χ3v) is 4.04. The van der Waals surface area contributed by atoms with Crippen LogP contribution in [0.3, 0.4) is 0 Å². The molecule has 1 aliphatic rings. The van der Waals surface area contributed by atoms with Crippen LogP contribution in [0.4, 0.5) is 5.69 Å². The summed E-state index contributed by atoms with van der Waals surface area (Å²) in [7, 11) is 0. The number of imide groups is 1. The van der Waals surface area contributed by atoms with E-state index in [1.165, 1.54) is 30.5 Å². The Morgan fingerprint density at radius 2 is 1.88 bits per heavy atom. The average Bonchev–Trinajstić information content (AvgIpc) is 2.80. The highest BCUT2D eigenvalue weighted by atomic mass is 35.5. The van der Waals surface area contributed by atoms with E-state index in [1.807, 2.05) is 0 Å². The lowest BCUT2D eigenvalue weighted by molar-refractivity contribution is 0.0659. The fourth-order valence-corrected chi connectivity index (χ4v) is 2.81. The Morgan fingerprint density at radius 3 is 2.56 bits per heavy atom. The molecule has 0 bridgehead atoms. The summed E-state index contributed by atoms with van der Waals surface area (Å²) in [5.41, 5.74) is 11.7. The average molecular weight is 360 g/mol. The number of aliphatic imine (C=N–C) groups is 1. The minimum absolute atomic E-state index is 0.0387. The van der Waals surface area contributed by atoms with Gasteiger partial charge in [0.1, 0.15) is 11.4 Å². The maximum Gasteiger partial charge on any atom is 0.261 e. The second kappa shape index (κ2) is 6.50. The van der Waals surface area contributed by atoms with Crippen molar-refractivity contribution in [2.75, 3.05) is 13.1 Å². The van der Waals surface area contributed by atoms with E-state index in [-0.39, 0.29) is 40.6 Å². The van der Waals surface area contributed by atoms with E-state index in [4.69, 9.17) is 23.1 Å². The zero-order chi connectivity index (χ0) is 18.1. The number of carbonyl (C=O) groups excluding carboxylic acids is 2. The summed E-state index contributed by atoms with van der Waals surface area (Å²) >= 11 is 5.98. The van der Waals surface area contributed by atoms with Crippen molar-refractivity contribution in [3.8, 4) is 0 Å². The van der Waals surface area contributed by atoms with Crippen LogP contribution in [0, 0.1) is 0 Å². The third-order valence-electron chi connectivity index (χ3n) is 3.72. The second-order valence-corrected chi connectivity index (χ2v) is 5.71. The molecule has 0 saturated heterocycles. The molecule has 0 unspecified atom stereocenters. The van der Waals surface area contributed by atoms with E-state index in [0.29, 0.717) is 5.69 Å². The quantitative estimate of drug-likeness (QED) is 0.418. The van der Waals surface area contributed by atoms with Crippen molar-refractivity contribution in [3.05, 3.63) is 62.5 Å². The Balaban J connectivity index is 2.01. The molecule has 128 valence electrons. The van der Waals surface area contributed by atoms with Gasteiger partial charge < -0.3 is 16.5 Å². The number of nitrogens with two attached hydrogens (primary N) is 2. The van der Waals surface area contributed by atoms with E-state index in [0.717, 1.165) is 4.90 Å². The van der Waals surface area contributed by atoms with Gasteiger partial charge in [-0.05, 0) is 24.3 Å². The van der Waals surface area contributed by atoms with Crippen molar-refractivity contribution in [2.45, 2.75) is 0 Å².